The van der Waals surface area contributed by atoms with Gasteiger partial charge < -0.3 is 16.4 Å². The minimum absolute atomic E-state index is 0.721. The predicted molar refractivity (Wildman–Crippen MR) is 58.0 cm³/mol. The van der Waals surface area contributed by atoms with Crippen molar-refractivity contribution in [1.82, 2.24) is 10.6 Å². The van der Waals surface area contributed by atoms with Crippen LogP contribution in [0.15, 0.2) is 29.3 Å². The number of rotatable bonds is 2. The standard InChI is InChI=1S/C10H14N4/c11-9-4-2-1-3-8(9)7-14-10-12-5-6-13-10/h1-4H,5-7,11H2,(H2,12,13,14). The zero-order chi connectivity index (χ0) is 9.80. The second kappa shape index (κ2) is 4.00. The average molecular weight is 190 g/mol. The summed E-state index contributed by atoms with van der Waals surface area (Å²) < 4.78 is 0. The summed E-state index contributed by atoms with van der Waals surface area (Å²) in [6, 6.07) is 7.83. The molecule has 4 nitrogen and oxygen atoms in total. The molecule has 1 aliphatic heterocycles. The smallest absolute Gasteiger partial charge is 0.191 e. The summed E-state index contributed by atoms with van der Waals surface area (Å²) in [7, 11) is 0. The summed E-state index contributed by atoms with van der Waals surface area (Å²) >= 11 is 0. The van der Waals surface area contributed by atoms with Gasteiger partial charge in [0.1, 0.15) is 0 Å². The van der Waals surface area contributed by atoms with Crippen LogP contribution < -0.4 is 16.4 Å². The summed E-state index contributed by atoms with van der Waals surface area (Å²) in [6.45, 7) is 2.50. The number of hydrogen-bond acceptors (Lipinski definition) is 4. The Morgan fingerprint density at radius 2 is 2.29 bits per heavy atom. The largest absolute Gasteiger partial charge is 0.398 e. The normalized spacial score (nSPS) is 14.7. The van der Waals surface area contributed by atoms with Crippen molar-refractivity contribution >= 4 is 11.6 Å². The van der Waals surface area contributed by atoms with E-state index in [1.807, 2.05) is 24.3 Å². The number of nitrogens with two attached hydrogens (primary N) is 1. The molecule has 1 heterocycles. The highest BCUT2D eigenvalue weighted by molar-refractivity contribution is 5.81. The Hall–Kier alpha value is -1.71. The molecule has 1 aliphatic rings. The average Bonchev–Trinajstić information content (AvgIpc) is 2.69. The highest BCUT2D eigenvalue weighted by atomic mass is 15.2. The van der Waals surface area contributed by atoms with E-state index in [0.717, 1.165) is 36.8 Å². The quantitative estimate of drug-likeness (QED) is 0.588. The minimum Gasteiger partial charge on any atom is -0.398 e. The van der Waals surface area contributed by atoms with Gasteiger partial charge in [-0.1, -0.05) is 18.2 Å². The van der Waals surface area contributed by atoms with Gasteiger partial charge in [-0.3, -0.25) is 4.99 Å². The number of benzene rings is 1. The van der Waals surface area contributed by atoms with E-state index in [-0.39, 0.29) is 0 Å². The molecule has 0 unspecified atom stereocenters. The zero-order valence-electron chi connectivity index (χ0n) is 7.96. The fourth-order valence-electron chi connectivity index (χ4n) is 1.39. The van der Waals surface area contributed by atoms with Crippen molar-refractivity contribution in [2.45, 2.75) is 6.54 Å². The molecular weight excluding hydrogens is 176 g/mol. The van der Waals surface area contributed by atoms with Crippen LogP contribution in [0.2, 0.25) is 0 Å². The lowest BCUT2D eigenvalue weighted by molar-refractivity contribution is 0.869. The van der Waals surface area contributed by atoms with Gasteiger partial charge in [-0.25, -0.2) is 0 Å². The van der Waals surface area contributed by atoms with Crippen LogP contribution in [0.4, 0.5) is 5.69 Å². The van der Waals surface area contributed by atoms with E-state index in [4.69, 9.17) is 5.73 Å². The maximum absolute atomic E-state index is 5.81. The molecule has 0 aromatic heterocycles. The molecule has 0 saturated carbocycles. The van der Waals surface area contributed by atoms with Crippen molar-refractivity contribution in [3.8, 4) is 0 Å². The number of hydrogen-bond donors (Lipinski definition) is 3. The van der Waals surface area contributed by atoms with Gasteiger partial charge in [0.05, 0.1) is 6.54 Å². The fraction of sp³-hybridized carbons (Fsp3) is 0.300. The number of nitrogens with zero attached hydrogens (tertiary/aromatic N) is 1. The topological polar surface area (TPSA) is 62.4 Å². The van der Waals surface area contributed by atoms with Gasteiger partial charge >= 0.3 is 0 Å². The van der Waals surface area contributed by atoms with Crippen LogP contribution in [0.5, 0.6) is 0 Å². The molecule has 14 heavy (non-hydrogen) atoms. The molecule has 0 bridgehead atoms. The van der Waals surface area contributed by atoms with Gasteiger partial charge in [-0.15, -0.1) is 0 Å². The first-order valence-electron chi connectivity index (χ1n) is 4.72. The number of anilines is 1. The van der Waals surface area contributed by atoms with E-state index in [2.05, 4.69) is 15.6 Å². The van der Waals surface area contributed by atoms with Crippen molar-refractivity contribution in [1.29, 1.82) is 0 Å². The molecule has 0 spiro atoms. The highest BCUT2D eigenvalue weighted by Crippen LogP contribution is 2.09. The van der Waals surface area contributed by atoms with Gasteiger partial charge in [0.25, 0.3) is 0 Å². The first-order valence-corrected chi connectivity index (χ1v) is 4.72. The minimum atomic E-state index is 0.721. The third-order valence-electron chi connectivity index (χ3n) is 2.18. The monoisotopic (exact) mass is 190 g/mol. The molecule has 4 heteroatoms. The molecule has 0 fully saturated rings. The van der Waals surface area contributed by atoms with Gasteiger partial charge in [-0.05, 0) is 11.6 Å². The molecule has 0 saturated heterocycles. The molecule has 2 rings (SSSR count). The Bertz CT molecular complexity index is 346. The van der Waals surface area contributed by atoms with Crippen molar-refractivity contribution in [3.05, 3.63) is 29.8 Å². The van der Waals surface area contributed by atoms with Crippen molar-refractivity contribution in [2.75, 3.05) is 18.8 Å². The van der Waals surface area contributed by atoms with E-state index in [9.17, 15) is 0 Å². The third kappa shape index (κ3) is 1.96. The Morgan fingerprint density at radius 3 is 3.00 bits per heavy atom. The van der Waals surface area contributed by atoms with Gasteiger partial charge in [0, 0.05) is 18.8 Å². The molecule has 1 aromatic rings. The van der Waals surface area contributed by atoms with Crippen LogP contribution in [-0.4, -0.2) is 19.0 Å². The predicted octanol–water partition coefficient (Wildman–Crippen LogP) is 0.318. The van der Waals surface area contributed by atoms with Crippen LogP contribution in [0, 0.1) is 0 Å². The lowest BCUT2D eigenvalue weighted by atomic mass is 10.2. The fourth-order valence-corrected chi connectivity index (χ4v) is 1.39. The summed E-state index contributed by atoms with van der Waals surface area (Å²) in [4.78, 5) is 4.23. The molecular formula is C10H14N4. The van der Waals surface area contributed by atoms with Crippen molar-refractivity contribution in [3.63, 3.8) is 0 Å². The van der Waals surface area contributed by atoms with Crippen LogP contribution in [0.3, 0.4) is 0 Å². The molecule has 0 atom stereocenters. The van der Waals surface area contributed by atoms with Crippen LogP contribution in [0.1, 0.15) is 5.56 Å². The maximum Gasteiger partial charge on any atom is 0.191 e. The van der Waals surface area contributed by atoms with E-state index in [0.29, 0.717) is 0 Å². The SMILES string of the molecule is Nc1ccccc1CNC1=NCCN1. The van der Waals surface area contributed by atoms with Crippen molar-refractivity contribution < 1.29 is 0 Å². The molecule has 0 radical (unpaired) electrons. The molecule has 74 valence electrons. The van der Waals surface area contributed by atoms with E-state index in [1.165, 1.54) is 0 Å². The number of para-hydroxylation sites is 1. The summed E-state index contributed by atoms with van der Waals surface area (Å²) in [6.07, 6.45) is 0. The van der Waals surface area contributed by atoms with Gasteiger partial charge in [0.15, 0.2) is 5.96 Å². The Labute approximate surface area is 83.2 Å². The lowest BCUT2D eigenvalue weighted by Gasteiger charge is -2.08. The lowest BCUT2D eigenvalue weighted by Crippen LogP contribution is -2.33. The second-order valence-corrected chi connectivity index (χ2v) is 3.21. The van der Waals surface area contributed by atoms with Crippen LogP contribution in [-0.2, 0) is 6.54 Å². The first-order chi connectivity index (χ1) is 6.86. The van der Waals surface area contributed by atoms with Crippen LogP contribution in [0.25, 0.3) is 0 Å². The zero-order valence-corrected chi connectivity index (χ0v) is 7.96. The second-order valence-electron chi connectivity index (χ2n) is 3.21. The van der Waals surface area contributed by atoms with Gasteiger partial charge in [0.2, 0.25) is 0 Å². The summed E-state index contributed by atoms with van der Waals surface area (Å²) in [5.74, 6) is 0.869. The van der Waals surface area contributed by atoms with Gasteiger partial charge in [-0.2, -0.15) is 0 Å². The van der Waals surface area contributed by atoms with E-state index >= 15 is 0 Å². The summed E-state index contributed by atoms with van der Waals surface area (Å²) in [5, 5.41) is 6.34. The molecule has 0 amide bonds. The Kier molecular flexibility index (Phi) is 2.53. The van der Waals surface area contributed by atoms with Crippen LogP contribution >= 0.6 is 0 Å². The number of aliphatic imine (C=N–C) groups is 1. The molecule has 4 N–H and O–H groups in total. The number of nitrogen functional groups attached to an aromatic ring is 1. The Balaban J connectivity index is 1.94. The van der Waals surface area contributed by atoms with E-state index in [1.54, 1.807) is 0 Å². The molecule has 1 aromatic carbocycles. The number of guanidine groups is 1. The summed E-state index contributed by atoms with van der Waals surface area (Å²) in [5.41, 5.74) is 7.72. The number of nitrogens with one attached hydrogen (secondary N) is 2. The third-order valence-corrected chi connectivity index (χ3v) is 2.18. The Morgan fingerprint density at radius 1 is 1.43 bits per heavy atom. The van der Waals surface area contributed by atoms with E-state index < -0.39 is 0 Å². The highest BCUT2D eigenvalue weighted by Gasteiger charge is 2.04. The van der Waals surface area contributed by atoms with Crippen molar-refractivity contribution in [2.24, 2.45) is 4.99 Å². The first kappa shape index (κ1) is 8.87. The maximum atomic E-state index is 5.81. The molecule has 0 aliphatic carbocycles.